The Morgan fingerprint density at radius 2 is 1.68 bits per heavy atom. The minimum Gasteiger partial charge on any atom is -0.455 e. The van der Waals surface area contributed by atoms with Crippen molar-refractivity contribution in [2.45, 2.75) is 58.0 Å². The maximum absolute atomic E-state index is 13.2. The molecule has 2 aliphatic heterocycles. The highest BCUT2D eigenvalue weighted by Crippen LogP contribution is 2.32. The van der Waals surface area contributed by atoms with E-state index in [9.17, 15) is 9.18 Å². The minimum absolute atomic E-state index is 0.0973. The van der Waals surface area contributed by atoms with Gasteiger partial charge in [0, 0.05) is 38.0 Å². The number of carbonyl (C=O) groups excluding carboxylic acids is 1. The smallest absolute Gasteiger partial charge is 0.289 e. The third kappa shape index (κ3) is 5.17. The molecule has 31 heavy (non-hydrogen) atoms. The van der Waals surface area contributed by atoms with Gasteiger partial charge in [-0.15, -0.1) is 0 Å². The molecular weight excluding hydrogens is 399 g/mol. The van der Waals surface area contributed by atoms with E-state index in [4.69, 9.17) is 13.9 Å². The number of hydrogen-bond acceptors (Lipinski definition) is 5. The number of amides is 1. The molecule has 4 rings (SSSR count). The zero-order valence-corrected chi connectivity index (χ0v) is 18.5. The molecule has 1 aromatic carbocycles. The standard InChI is InChI=1S/C24H31FN2O4/c1-23(2,3)27(16-18-4-6-19(25)7-5-18)17-20-8-9-21(31-20)22(28)26-12-10-24(11-13-26)29-14-15-30-24/h4-9H,10-17H2,1-3H3. The molecule has 168 valence electrons. The molecule has 1 spiro atoms. The first-order valence-corrected chi connectivity index (χ1v) is 10.9. The number of nitrogens with zero attached hydrogens (tertiary/aromatic N) is 2. The van der Waals surface area contributed by atoms with Gasteiger partial charge >= 0.3 is 0 Å². The van der Waals surface area contributed by atoms with Crippen LogP contribution >= 0.6 is 0 Å². The maximum atomic E-state index is 13.2. The lowest BCUT2D eigenvalue weighted by atomic mass is 10.0. The Labute approximate surface area is 182 Å². The van der Waals surface area contributed by atoms with Gasteiger partial charge in [-0.05, 0) is 50.6 Å². The average molecular weight is 431 g/mol. The number of furan rings is 1. The van der Waals surface area contributed by atoms with E-state index < -0.39 is 5.79 Å². The molecule has 2 fully saturated rings. The molecule has 2 aliphatic rings. The molecule has 0 unspecified atom stereocenters. The van der Waals surface area contributed by atoms with E-state index in [1.807, 2.05) is 6.07 Å². The van der Waals surface area contributed by atoms with Gasteiger partial charge in [0.2, 0.25) is 0 Å². The fourth-order valence-electron chi connectivity index (χ4n) is 4.10. The number of benzene rings is 1. The van der Waals surface area contributed by atoms with Crippen LogP contribution in [0.15, 0.2) is 40.8 Å². The number of likely N-dealkylation sites (tertiary alicyclic amines) is 1. The molecule has 0 saturated carbocycles. The van der Waals surface area contributed by atoms with E-state index in [2.05, 4.69) is 25.7 Å². The van der Waals surface area contributed by atoms with Crippen molar-refractivity contribution in [2.75, 3.05) is 26.3 Å². The first-order chi connectivity index (χ1) is 14.7. The molecule has 0 bridgehead atoms. The first-order valence-electron chi connectivity index (χ1n) is 10.9. The second-order valence-corrected chi connectivity index (χ2v) is 9.32. The summed E-state index contributed by atoms with van der Waals surface area (Å²) in [6.07, 6.45) is 1.36. The zero-order valence-electron chi connectivity index (χ0n) is 18.5. The van der Waals surface area contributed by atoms with Crippen LogP contribution in [-0.4, -0.2) is 53.3 Å². The summed E-state index contributed by atoms with van der Waals surface area (Å²) < 4.78 is 30.7. The zero-order chi connectivity index (χ0) is 22.1. The largest absolute Gasteiger partial charge is 0.455 e. The van der Waals surface area contributed by atoms with Gasteiger partial charge in [0.15, 0.2) is 11.5 Å². The van der Waals surface area contributed by atoms with Crippen molar-refractivity contribution in [1.29, 1.82) is 0 Å². The van der Waals surface area contributed by atoms with E-state index in [1.54, 1.807) is 23.1 Å². The van der Waals surface area contributed by atoms with E-state index in [0.29, 0.717) is 58.0 Å². The summed E-state index contributed by atoms with van der Waals surface area (Å²) in [7, 11) is 0. The molecule has 1 amide bonds. The Hall–Kier alpha value is -2.22. The summed E-state index contributed by atoms with van der Waals surface area (Å²) >= 11 is 0. The summed E-state index contributed by atoms with van der Waals surface area (Å²) in [5, 5.41) is 0. The molecule has 2 saturated heterocycles. The van der Waals surface area contributed by atoms with Gasteiger partial charge in [0.05, 0.1) is 19.8 Å². The second-order valence-electron chi connectivity index (χ2n) is 9.32. The highest BCUT2D eigenvalue weighted by Gasteiger charge is 2.41. The Morgan fingerprint density at radius 3 is 2.29 bits per heavy atom. The second kappa shape index (κ2) is 8.73. The lowest BCUT2D eigenvalue weighted by molar-refractivity contribution is -0.181. The molecule has 7 heteroatoms. The molecular formula is C24H31FN2O4. The van der Waals surface area contributed by atoms with Crippen LogP contribution in [0.25, 0.3) is 0 Å². The van der Waals surface area contributed by atoms with Crippen molar-refractivity contribution in [2.24, 2.45) is 0 Å². The first kappa shape index (κ1) is 22.0. The summed E-state index contributed by atoms with van der Waals surface area (Å²) in [5.74, 6) is 0.250. The summed E-state index contributed by atoms with van der Waals surface area (Å²) in [5.41, 5.74) is 0.895. The molecule has 3 heterocycles. The average Bonchev–Trinajstić information content (AvgIpc) is 3.39. The van der Waals surface area contributed by atoms with Crippen molar-refractivity contribution in [3.63, 3.8) is 0 Å². The quantitative estimate of drug-likeness (QED) is 0.712. The van der Waals surface area contributed by atoms with Gasteiger partial charge in [-0.25, -0.2) is 4.39 Å². The number of rotatable bonds is 5. The number of halogens is 1. The Morgan fingerprint density at radius 1 is 1.03 bits per heavy atom. The summed E-state index contributed by atoms with van der Waals surface area (Å²) in [4.78, 5) is 17.0. The van der Waals surface area contributed by atoms with Crippen molar-refractivity contribution in [3.8, 4) is 0 Å². The van der Waals surface area contributed by atoms with Crippen LogP contribution in [0, 0.1) is 5.82 Å². The van der Waals surface area contributed by atoms with Gasteiger partial charge in [-0.1, -0.05) is 12.1 Å². The molecule has 1 aromatic heterocycles. The maximum Gasteiger partial charge on any atom is 0.289 e. The van der Waals surface area contributed by atoms with Gasteiger partial charge in [0.1, 0.15) is 11.6 Å². The fourth-order valence-corrected chi connectivity index (χ4v) is 4.10. The van der Waals surface area contributed by atoms with Gasteiger partial charge < -0.3 is 18.8 Å². The van der Waals surface area contributed by atoms with Crippen LogP contribution in [-0.2, 0) is 22.6 Å². The van der Waals surface area contributed by atoms with Crippen LogP contribution < -0.4 is 0 Å². The van der Waals surface area contributed by atoms with Crippen molar-refractivity contribution in [3.05, 3.63) is 59.3 Å². The molecule has 2 aromatic rings. The Kier molecular flexibility index (Phi) is 6.19. The normalized spacial score (nSPS) is 18.8. The third-order valence-corrected chi connectivity index (χ3v) is 6.08. The highest BCUT2D eigenvalue weighted by atomic mass is 19.1. The predicted molar refractivity (Wildman–Crippen MR) is 114 cm³/mol. The van der Waals surface area contributed by atoms with Crippen LogP contribution in [0.1, 0.15) is 55.5 Å². The SMILES string of the molecule is CC(C)(C)N(Cc1ccc(F)cc1)Cc1ccc(C(=O)N2CCC3(CC2)OCCO3)o1. The summed E-state index contributed by atoms with van der Waals surface area (Å²) in [6.45, 7) is 10.0. The van der Waals surface area contributed by atoms with E-state index >= 15 is 0 Å². The number of ether oxygens (including phenoxy) is 2. The molecule has 0 aliphatic carbocycles. The van der Waals surface area contributed by atoms with Gasteiger partial charge in [-0.2, -0.15) is 0 Å². The molecule has 6 nitrogen and oxygen atoms in total. The van der Waals surface area contributed by atoms with Crippen molar-refractivity contribution < 1.29 is 23.1 Å². The van der Waals surface area contributed by atoms with Crippen molar-refractivity contribution >= 4 is 5.91 Å². The fraction of sp³-hybridized carbons (Fsp3) is 0.542. The number of carbonyl (C=O) groups is 1. The van der Waals surface area contributed by atoms with Crippen LogP contribution in [0.2, 0.25) is 0 Å². The topological polar surface area (TPSA) is 55.2 Å². The van der Waals surface area contributed by atoms with E-state index in [-0.39, 0.29) is 17.3 Å². The van der Waals surface area contributed by atoms with Crippen LogP contribution in [0.3, 0.4) is 0 Å². The van der Waals surface area contributed by atoms with Crippen LogP contribution in [0.4, 0.5) is 4.39 Å². The number of hydrogen-bond donors (Lipinski definition) is 0. The van der Waals surface area contributed by atoms with E-state index in [1.165, 1.54) is 12.1 Å². The van der Waals surface area contributed by atoms with Gasteiger partial charge in [-0.3, -0.25) is 9.69 Å². The monoisotopic (exact) mass is 430 g/mol. The molecule has 0 atom stereocenters. The van der Waals surface area contributed by atoms with Gasteiger partial charge in [0.25, 0.3) is 5.91 Å². The number of piperidine rings is 1. The Bertz CT molecular complexity index is 887. The predicted octanol–water partition coefficient (Wildman–Crippen LogP) is 4.20. The van der Waals surface area contributed by atoms with Crippen LogP contribution in [0.5, 0.6) is 0 Å². The highest BCUT2D eigenvalue weighted by molar-refractivity contribution is 5.91. The molecule has 0 N–H and O–H groups in total. The summed E-state index contributed by atoms with van der Waals surface area (Å²) in [6, 6.07) is 10.2. The lowest BCUT2D eigenvalue weighted by Gasteiger charge is -2.37. The lowest BCUT2D eigenvalue weighted by Crippen LogP contribution is -2.47. The molecule has 0 radical (unpaired) electrons. The van der Waals surface area contributed by atoms with E-state index in [0.717, 1.165) is 11.3 Å². The Balaban J connectivity index is 1.39. The minimum atomic E-state index is -0.501. The third-order valence-electron chi connectivity index (χ3n) is 6.08. The van der Waals surface area contributed by atoms with Crippen molar-refractivity contribution in [1.82, 2.24) is 9.80 Å².